The van der Waals surface area contributed by atoms with Crippen LogP contribution in [0.15, 0.2) is 54.6 Å². The summed E-state index contributed by atoms with van der Waals surface area (Å²) in [4.78, 5) is 32.4. The van der Waals surface area contributed by atoms with Crippen LogP contribution in [0.2, 0.25) is 0 Å². The van der Waals surface area contributed by atoms with E-state index < -0.39 is 0 Å². The third-order valence-electron chi connectivity index (χ3n) is 6.57. The van der Waals surface area contributed by atoms with Crippen molar-refractivity contribution in [1.82, 2.24) is 10.3 Å². The smallest absolute Gasteiger partial charge is 0.341 e. The molecule has 1 aliphatic carbocycles. The fraction of sp³-hybridized carbons (Fsp3) is 0.290. The molecule has 206 valence electrons. The number of thiocarbonyl (C=S) groups is 1. The Balaban J connectivity index is 1.43. The van der Waals surface area contributed by atoms with Crippen LogP contribution in [-0.4, -0.2) is 34.7 Å². The fourth-order valence-corrected chi connectivity index (χ4v) is 6.43. The molecule has 0 radical (unpaired) electrons. The lowest BCUT2D eigenvalue weighted by Crippen LogP contribution is -2.34. The van der Waals surface area contributed by atoms with Gasteiger partial charge in [-0.1, -0.05) is 30.3 Å². The van der Waals surface area contributed by atoms with Crippen molar-refractivity contribution in [3.8, 4) is 17.0 Å². The molecule has 5 rings (SSSR count). The van der Waals surface area contributed by atoms with E-state index in [9.17, 15) is 9.59 Å². The second-order valence-corrected chi connectivity index (χ2v) is 11.3. The van der Waals surface area contributed by atoms with Crippen LogP contribution in [0.1, 0.15) is 64.8 Å². The van der Waals surface area contributed by atoms with E-state index in [-0.39, 0.29) is 29.7 Å². The van der Waals surface area contributed by atoms with Crippen LogP contribution in [0.5, 0.6) is 5.75 Å². The first-order valence-electron chi connectivity index (χ1n) is 13.4. The molecule has 9 heteroatoms. The van der Waals surface area contributed by atoms with Gasteiger partial charge in [-0.25, -0.2) is 9.78 Å². The number of amides is 1. The molecular weight excluding hydrogens is 542 g/mol. The Morgan fingerprint density at radius 1 is 1.07 bits per heavy atom. The number of thiophene rings is 1. The summed E-state index contributed by atoms with van der Waals surface area (Å²) in [5, 5.41) is 7.36. The average molecular weight is 574 g/mol. The summed E-state index contributed by atoms with van der Waals surface area (Å²) in [6, 6.07) is 16.9. The monoisotopic (exact) mass is 573 g/mol. The van der Waals surface area contributed by atoms with E-state index >= 15 is 0 Å². The highest BCUT2D eigenvalue weighted by atomic mass is 32.1. The summed E-state index contributed by atoms with van der Waals surface area (Å²) in [5.74, 6) is -0.00667. The van der Waals surface area contributed by atoms with E-state index in [2.05, 4.69) is 10.6 Å². The van der Waals surface area contributed by atoms with E-state index in [4.69, 9.17) is 26.7 Å². The lowest BCUT2D eigenvalue weighted by Gasteiger charge is -2.14. The summed E-state index contributed by atoms with van der Waals surface area (Å²) in [6.45, 7) is 6.02. The number of carbonyl (C=O) groups excluding carboxylic acids is 2. The molecule has 2 aromatic carbocycles. The molecular formula is C31H31N3O4S2. The molecule has 1 aliphatic rings. The number of rotatable bonds is 7. The number of ether oxygens (including phenoxy) is 2. The van der Waals surface area contributed by atoms with Gasteiger partial charge in [-0.2, -0.15) is 0 Å². The van der Waals surface area contributed by atoms with Gasteiger partial charge in [0.25, 0.3) is 5.91 Å². The van der Waals surface area contributed by atoms with Crippen molar-refractivity contribution in [2.24, 2.45) is 0 Å². The van der Waals surface area contributed by atoms with Crippen LogP contribution in [0, 0.1) is 0 Å². The Morgan fingerprint density at radius 2 is 1.88 bits per heavy atom. The number of esters is 1. The Kier molecular flexibility index (Phi) is 8.42. The van der Waals surface area contributed by atoms with Gasteiger partial charge in [0.2, 0.25) is 0 Å². The highest BCUT2D eigenvalue weighted by molar-refractivity contribution is 7.80. The number of para-hydroxylation sites is 1. The van der Waals surface area contributed by atoms with Gasteiger partial charge in [0.15, 0.2) is 5.11 Å². The maximum Gasteiger partial charge on any atom is 0.341 e. The maximum atomic E-state index is 13.6. The zero-order valence-corrected chi connectivity index (χ0v) is 24.3. The normalized spacial score (nSPS) is 12.6. The second-order valence-electron chi connectivity index (χ2n) is 9.81. The van der Waals surface area contributed by atoms with Crippen LogP contribution < -0.4 is 15.4 Å². The van der Waals surface area contributed by atoms with Gasteiger partial charge in [0.05, 0.1) is 35.0 Å². The summed E-state index contributed by atoms with van der Waals surface area (Å²) >= 11 is 7.05. The number of nitrogens with zero attached hydrogens (tertiary/aromatic N) is 1. The van der Waals surface area contributed by atoms with Gasteiger partial charge in [-0.15, -0.1) is 11.3 Å². The molecule has 0 spiro atoms. The maximum absolute atomic E-state index is 13.6. The number of benzene rings is 2. The minimum atomic E-state index is -0.370. The van der Waals surface area contributed by atoms with Crippen LogP contribution in [0.4, 0.5) is 5.00 Å². The number of aromatic nitrogens is 1. The molecule has 2 N–H and O–H groups in total. The van der Waals surface area contributed by atoms with E-state index in [1.54, 1.807) is 13.0 Å². The largest absolute Gasteiger partial charge is 0.491 e. The Labute approximate surface area is 242 Å². The average Bonchev–Trinajstić information content (AvgIpc) is 3.30. The third-order valence-corrected chi connectivity index (χ3v) is 7.98. The first kappa shape index (κ1) is 27.7. The number of hydrogen-bond acceptors (Lipinski definition) is 7. The molecule has 7 nitrogen and oxygen atoms in total. The second kappa shape index (κ2) is 12.1. The van der Waals surface area contributed by atoms with Gasteiger partial charge in [0, 0.05) is 15.8 Å². The molecule has 0 unspecified atom stereocenters. The minimum absolute atomic E-state index is 0.0351. The molecule has 0 saturated carbocycles. The van der Waals surface area contributed by atoms with Crippen molar-refractivity contribution in [2.75, 3.05) is 11.9 Å². The number of hydrogen-bond donors (Lipinski definition) is 2. The number of pyridine rings is 1. The standard InChI is InChI=1S/C31H31N3O4S2/c1-4-37-30(36)27-22-13-6-8-15-26(22)40-29(27)34-31(39)33-28(35)23-17-25(32-24-14-7-5-12-21(23)24)19-10-9-11-20(16-19)38-18(2)3/h5,7,9-12,14,16-18H,4,6,8,13,15H2,1-3H3,(H2,33,34,35,39). The van der Waals surface area contributed by atoms with Crippen LogP contribution in [0.25, 0.3) is 22.2 Å². The summed E-state index contributed by atoms with van der Waals surface area (Å²) in [7, 11) is 0. The van der Waals surface area contributed by atoms with E-state index in [1.165, 1.54) is 16.2 Å². The molecule has 4 aromatic rings. The topological polar surface area (TPSA) is 89.6 Å². The van der Waals surface area contributed by atoms with Crippen LogP contribution in [-0.2, 0) is 17.6 Å². The highest BCUT2D eigenvalue weighted by Crippen LogP contribution is 2.38. The Hall–Kier alpha value is -3.82. The van der Waals surface area contributed by atoms with Crippen molar-refractivity contribution in [3.05, 3.63) is 76.2 Å². The summed E-state index contributed by atoms with van der Waals surface area (Å²) < 4.78 is 11.2. The van der Waals surface area contributed by atoms with Crippen molar-refractivity contribution >= 4 is 56.4 Å². The number of nitrogens with one attached hydrogen (secondary N) is 2. The first-order chi connectivity index (χ1) is 19.3. The van der Waals surface area contributed by atoms with Crippen molar-refractivity contribution in [2.45, 2.75) is 52.6 Å². The van der Waals surface area contributed by atoms with Gasteiger partial charge in [-0.05, 0) is 88.5 Å². The van der Waals surface area contributed by atoms with Gasteiger partial charge >= 0.3 is 5.97 Å². The number of carbonyl (C=O) groups is 2. The van der Waals surface area contributed by atoms with Gasteiger partial charge in [0.1, 0.15) is 10.8 Å². The van der Waals surface area contributed by atoms with Crippen molar-refractivity contribution in [3.63, 3.8) is 0 Å². The van der Waals surface area contributed by atoms with E-state index in [0.717, 1.165) is 42.6 Å². The molecule has 0 fully saturated rings. The summed E-state index contributed by atoms with van der Waals surface area (Å²) in [6.07, 6.45) is 3.90. The predicted octanol–water partition coefficient (Wildman–Crippen LogP) is 6.93. The van der Waals surface area contributed by atoms with E-state index in [1.807, 2.05) is 62.4 Å². The Bertz CT molecular complexity index is 1600. The zero-order valence-electron chi connectivity index (χ0n) is 22.7. The third kappa shape index (κ3) is 6.00. The van der Waals surface area contributed by atoms with E-state index in [0.29, 0.717) is 32.7 Å². The Morgan fingerprint density at radius 3 is 2.67 bits per heavy atom. The molecule has 40 heavy (non-hydrogen) atoms. The van der Waals surface area contributed by atoms with Crippen molar-refractivity contribution in [1.29, 1.82) is 0 Å². The lowest BCUT2D eigenvalue weighted by atomic mass is 9.95. The van der Waals surface area contributed by atoms with Crippen molar-refractivity contribution < 1.29 is 19.1 Å². The molecule has 2 aromatic heterocycles. The minimum Gasteiger partial charge on any atom is -0.491 e. The predicted molar refractivity (Wildman–Crippen MR) is 164 cm³/mol. The van der Waals surface area contributed by atoms with Gasteiger partial charge in [-0.3, -0.25) is 10.1 Å². The quantitative estimate of drug-likeness (QED) is 0.183. The fourth-order valence-electron chi connectivity index (χ4n) is 4.89. The number of fused-ring (bicyclic) bond motifs is 2. The lowest BCUT2D eigenvalue weighted by molar-refractivity contribution is 0.0526. The number of aryl methyl sites for hydroxylation is 1. The molecule has 0 bridgehead atoms. The SMILES string of the molecule is CCOC(=O)c1c(NC(=S)NC(=O)c2cc(-c3cccc(OC(C)C)c3)nc3ccccc23)sc2c1CCCC2. The molecule has 2 heterocycles. The number of anilines is 1. The first-order valence-corrected chi connectivity index (χ1v) is 14.7. The molecule has 0 aliphatic heterocycles. The summed E-state index contributed by atoms with van der Waals surface area (Å²) in [5.41, 5.74) is 4.16. The molecule has 0 atom stereocenters. The van der Waals surface area contributed by atoms with Crippen LogP contribution in [0.3, 0.4) is 0 Å². The van der Waals surface area contributed by atoms with Gasteiger partial charge < -0.3 is 14.8 Å². The zero-order chi connectivity index (χ0) is 28.2. The highest BCUT2D eigenvalue weighted by Gasteiger charge is 2.27. The van der Waals surface area contributed by atoms with Crippen LogP contribution >= 0.6 is 23.6 Å². The molecule has 0 saturated heterocycles. The molecule has 1 amide bonds.